The summed E-state index contributed by atoms with van der Waals surface area (Å²) in [5.74, 6) is 0. The first-order valence-corrected chi connectivity index (χ1v) is 3.01. The van der Waals surface area contributed by atoms with Crippen LogP contribution in [0.15, 0.2) is 12.4 Å². The van der Waals surface area contributed by atoms with Crippen LogP contribution in [0.3, 0.4) is 0 Å². The monoisotopic (exact) mass is 158 g/mol. The molecule has 0 aromatic carbocycles. The minimum atomic E-state index is -0.480. The van der Waals surface area contributed by atoms with Crippen molar-refractivity contribution in [1.29, 1.82) is 0 Å². The first-order chi connectivity index (χ1) is 4.75. The molecule has 0 aliphatic rings. The molecule has 4 nitrogen and oxygen atoms in total. The lowest BCUT2D eigenvalue weighted by molar-refractivity contribution is 0.172. The highest BCUT2D eigenvalue weighted by atomic mass is 32.1. The number of carbonyl (C=O) groups excluding carboxylic acids is 1. The molecule has 5 heteroatoms. The summed E-state index contributed by atoms with van der Waals surface area (Å²) >= 11 is 4.73. The number of hydrogen-bond acceptors (Lipinski definition) is 3. The molecule has 0 spiro atoms. The van der Waals surface area contributed by atoms with Crippen LogP contribution in [-0.2, 0) is 4.74 Å². The lowest BCUT2D eigenvalue weighted by Crippen LogP contribution is -2.09. The van der Waals surface area contributed by atoms with Gasteiger partial charge in [0, 0.05) is 12.4 Å². The Morgan fingerprint density at radius 2 is 2.60 bits per heavy atom. The first-order valence-electron chi connectivity index (χ1n) is 2.60. The third-order valence-corrected chi connectivity index (χ3v) is 1.34. The number of aromatic nitrogens is 2. The fourth-order valence-corrected chi connectivity index (χ4v) is 0.766. The van der Waals surface area contributed by atoms with E-state index < -0.39 is 6.09 Å². The van der Waals surface area contributed by atoms with E-state index in [-0.39, 0.29) is 0 Å². The molecule has 1 N–H and O–H groups in total. The van der Waals surface area contributed by atoms with Crippen molar-refractivity contribution >= 4 is 18.3 Å². The fourth-order valence-electron chi connectivity index (χ4n) is 0.562. The molecule has 1 heterocycles. The minimum Gasteiger partial charge on any atom is -0.452 e. The van der Waals surface area contributed by atoms with E-state index >= 15 is 0 Å². The number of aromatic amines is 1. The summed E-state index contributed by atoms with van der Waals surface area (Å²) in [4.78, 5) is 13.4. The van der Waals surface area contributed by atoms with Gasteiger partial charge in [0.2, 0.25) is 0 Å². The summed E-state index contributed by atoms with van der Waals surface area (Å²) in [7, 11) is 1.30. The normalized spacial score (nSPS) is 9.30. The standard InChI is InChI=1S/C5H6N2O2S/c1-9-5(8)7-3-2-6-4(7)10/h2-3H,1H3,(H,6,10). The maximum atomic E-state index is 10.7. The van der Waals surface area contributed by atoms with Crippen molar-refractivity contribution < 1.29 is 9.53 Å². The zero-order valence-electron chi connectivity index (χ0n) is 5.33. The van der Waals surface area contributed by atoms with Gasteiger partial charge >= 0.3 is 6.09 Å². The van der Waals surface area contributed by atoms with Gasteiger partial charge in [0.15, 0.2) is 4.77 Å². The second-order valence-electron chi connectivity index (χ2n) is 1.61. The average Bonchev–Trinajstić information content (AvgIpc) is 2.34. The maximum Gasteiger partial charge on any atom is 0.420 e. The number of imidazole rings is 1. The second-order valence-corrected chi connectivity index (χ2v) is 1.99. The van der Waals surface area contributed by atoms with E-state index in [4.69, 9.17) is 12.2 Å². The molecule has 0 aliphatic carbocycles. The van der Waals surface area contributed by atoms with Crippen LogP contribution in [0.2, 0.25) is 0 Å². The summed E-state index contributed by atoms with van der Waals surface area (Å²) in [5.41, 5.74) is 0. The number of methoxy groups -OCH3 is 1. The van der Waals surface area contributed by atoms with Crippen LogP contribution in [-0.4, -0.2) is 22.8 Å². The Labute approximate surface area is 62.4 Å². The molecular weight excluding hydrogens is 152 g/mol. The van der Waals surface area contributed by atoms with Crippen LogP contribution in [0, 0.1) is 4.77 Å². The van der Waals surface area contributed by atoms with E-state index in [1.807, 2.05) is 0 Å². The summed E-state index contributed by atoms with van der Waals surface area (Å²) in [6, 6.07) is 0. The van der Waals surface area contributed by atoms with Crippen LogP contribution in [0.1, 0.15) is 0 Å². The summed E-state index contributed by atoms with van der Waals surface area (Å²) in [6.45, 7) is 0. The first kappa shape index (κ1) is 7.01. The highest BCUT2D eigenvalue weighted by molar-refractivity contribution is 7.71. The van der Waals surface area contributed by atoms with Crippen molar-refractivity contribution in [2.45, 2.75) is 0 Å². The van der Waals surface area contributed by atoms with Gasteiger partial charge in [-0.25, -0.2) is 9.36 Å². The number of carbonyl (C=O) groups is 1. The summed E-state index contributed by atoms with van der Waals surface area (Å²) < 4.78 is 5.96. The smallest absolute Gasteiger partial charge is 0.420 e. The Balaban J connectivity index is 3.05. The fraction of sp³-hybridized carbons (Fsp3) is 0.200. The van der Waals surface area contributed by atoms with Gasteiger partial charge in [0.25, 0.3) is 0 Å². The molecule has 1 aromatic rings. The predicted molar refractivity (Wildman–Crippen MR) is 37.4 cm³/mol. The van der Waals surface area contributed by atoms with Gasteiger partial charge in [-0.1, -0.05) is 0 Å². The Hall–Kier alpha value is -1.10. The van der Waals surface area contributed by atoms with Gasteiger partial charge < -0.3 is 9.72 Å². The van der Waals surface area contributed by atoms with E-state index in [9.17, 15) is 4.79 Å². The molecule has 0 aliphatic heterocycles. The van der Waals surface area contributed by atoms with Crippen LogP contribution in [0.25, 0.3) is 0 Å². The van der Waals surface area contributed by atoms with E-state index in [2.05, 4.69) is 9.72 Å². The van der Waals surface area contributed by atoms with Crippen LogP contribution in [0.5, 0.6) is 0 Å². The minimum absolute atomic E-state index is 0.340. The number of rotatable bonds is 0. The topological polar surface area (TPSA) is 47.0 Å². The zero-order chi connectivity index (χ0) is 7.56. The third-order valence-electron chi connectivity index (χ3n) is 1.02. The van der Waals surface area contributed by atoms with Crippen molar-refractivity contribution in [3.05, 3.63) is 17.2 Å². The number of hydrogen-bond donors (Lipinski definition) is 1. The van der Waals surface area contributed by atoms with Crippen molar-refractivity contribution in [2.75, 3.05) is 7.11 Å². The highest BCUT2D eigenvalue weighted by Crippen LogP contribution is 1.90. The van der Waals surface area contributed by atoms with Gasteiger partial charge in [0.1, 0.15) is 0 Å². The largest absolute Gasteiger partial charge is 0.452 e. The van der Waals surface area contributed by atoms with Crippen molar-refractivity contribution in [3.63, 3.8) is 0 Å². The molecule has 0 amide bonds. The molecule has 0 bridgehead atoms. The van der Waals surface area contributed by atoms with E-state index in [1.54, 1.807) is 6.20 Å². The highest BCUT2D eigenvalue weighted by Gasteiger charge is 2.01. The van der Waals surface area contributed by atoms with Gasteiger partial charge in [-0.2, -0.15) is 0 Å². The van der Waals surface area contributed by atoms with Crippen LogP contribution < -0.4 is 0 Å². The van der Waals surface area contributed by atoms with Crippen LogP contribution in [0.4, 0.5) is 4.79 Å². The molecule has 0 saturated carbocycles. The number of H-pyrrole nitrogens is 1. The van der Waals surface area contributed by atoms with Gasteiger partial charge in [-0.3, -0.25) is 0 Å². The number of nitrogens with zero attached hydrogens (tertiary/aromatic N) is 1. The van der Waals surface area contributed by atoms with Gasteiger partial charge in [-0.15, -0.1) is 0 Å². The molecule has 0 atom stereocenters. The Bertz CT molecular complexity index is 288. The molecule has 0 saturated heterocycles. The van der Waals surface area contributed by atoms with Crippen molar-refractivity contribution in [2.24, 2.45) is 0 Å². The molecule has 1 aromatic heterocycles. The lowest BCUT2D eigenvalue weighted by Gasteiger charge is -1.95. The molecule has 0 unspecified atom stereocenters. The van der Waals surface area contributed by atoms with E-state index in [1.165, 1.54) is 17.9 Å². The molecular formula is C5H6N2O2S. The maximum absolute atomic E-state index is 10.7. The van der Waals surface area contributed by atoms with E-state index in [0.717, 1.165) is 0 Å². The lowest BCUT2D eigenvalue weighted by atomic mass is 10.9. The molecule has 0 fully saturated rings. The summed E-state index contributed by atoms with van der Waals surface area (Å²) in [6.07, 6.45) is 2.60. The van der Waals surface area contributed by atoms with E-state index in [0.29, 0.717) is 4.77 Å². The van der Waals surface area contributed by atoms with Crippen LogP contribution >= 0.6 is 12.2 Å². The molecule has 54 valence electrons. The average molecular weight is 158 g/mol. The molecule has 1 rings (SSSR count). The van der Waals surface area contributed by atoms with Gasteiger partial charge in [-0.05, 0) is 12.2 Å². The second kappa shape index (κ2) is 2.66. The van der Waals surface area contributed by atoms with Crippen molar-refractivity contribution in [1.82, 2.24) is 9.55 Å². The Morgan fingerprint density at radius 3 is 3.00 bits per heavy atom. The molecule has 10 heavy (non-hydrogen) atoms. The predicted octanol–water partition coefficient (Wildman–Crippen LogP) is 1.16. The van der Waals surface area contributed by atoms with Gasteiger partial charge in [0.05, 0.1) is 7.11 Å². The Kier molecular flexibility index (Phi) is 1.86. The zero-order valence-corrected chi connectivity index (χ0v) is 6.14. The SMILES string of the molecule is COC(=O)n1cc[nH]c1=S. The molecule has 0 radical (unpaired) electrons. The quantitative estimate of drug-likeness (QED) is 0.576. The number of nitrogens with one attached hydrogen (secondary N) is 1. The summed E-state index contributed by atoms with van der Waals surface area (Å²) in [5, 5.41) is 0. The Morgan fingerprint density at radius 1 is 1.90 bits per heavy atom. The van der Waals surface area contributed by atoms with Crippen molar-refractivity contribution in [3.8, 4) is 0 Å². The number of ether oxygens (including phenoxy) is 1. The third kappa shape index (κ3) is 1.08.